The number of pyridine rings is 1. The average Bonchev–Trinajstić information content (AvgIpc) is 2.89. The van der Waals surface area contributed by atoms with Crippen LogP contribution >= 0.6 is 0 Å². The third-order valence-electron chi connectivity index (χ3n) is 5.54. The highest BCUT2D eigenvalue weighted by atomic mass is 32.2. The normalized spacial score (nSPS) is 15.4. The number of hydrogen-bond acceptors (Lipinski definition) is 8. The number of carbonyl (C=O) groups excluding carboxylic acids is 1. The highest BCUT2D eigenvalue weighted by Gasteiger charge is 2.20. The number of rotatable bonds is 6. The second-order valence-corrected chi connectivity index (χ2v) is 9.63. The zero-order valence-corrected chi connectivity index (χ0v) is 19.6. The first kappa shape index (κ1) is 22.9. The van der Waals surface area contributed by atoms with Gasteiger partial charge in [0.2, 0.25) is 0 Å². The van der Waals surface area contributed by atoms with Gasteiger partial charge in [-0.15, -0.1) is 0 Å². The number of sulfonamides is 1. The van der Waals surface area contributed by atoms with Crippen LogP contribution in [0, 0.1) is 0 Å². The Morgan fingerprint density at radius 2 is 1.69 bits per heavy atom. The molecule has 3 aromatic rings. The van der Waals surface area contributed by atoms with Gasteiger partial charge in [-0.25, -0.2) is 13.4 Å². The van der Waals surface area contributed by atoms with E-state index in [4.69, 9.17) is 14.2 Å². The van der Waals surface area contributed by atoms with E-state index in [0.717, 1.165) is 18.9 Å². The Morgan fingerprint density at radius 1 is 0.886 bits per heavy atom. The highest BCUT2D eigenvalue weighted by Crippen LogP contribution is 2.32. The van der Waals surface area contributed by atoms with E-state index in [0.29, 0.717) is 49.2 Å². The molecule has 0 spiro atoms. The van der Waals surface area contributed by atoms with Gasteiger partial charge in [-0.2, -0.15) is 0 Å². The second-order valence-electron chi connectivity index (χ2n) is 7.95. The number of fused-ring (bicyclic) bond motifs is 1. The van der Waals surface area contributed by atoms with E-state index in [9.17, 15) is 13.2 Å². The number of ether oxygens (including phenoxy) is 3. The van der Waals surface area contributed by atoms with Crippen molar-refractivity contribution in [3.63, 3.8) is 0 Å². The molecule has 1 saturated heterocycles. The standard InChI is InChI=1S/C24H24N4O6S/c29-24(26-19-4-7-23(25-16-19)28-8-10-32-11-9-28)17-2-1-3-18(14-17)27-35(30,31)20-5-6-21-22(15-20)34-13-12-33-21/h1-7,14-16,27H,8-13H2,(H,26,29). The van der Waals surface area contributed by atoms with Gasteiger partial charge < -0.3 is 24.4 Å². The van der Waals surface area contributed by atoms with Crippen molar-refractivity contribution in [3.8, 4) is 11.5 Å². The molecule has 0 unspecified atom stereocenters. The molecule has 0 bridgehead atoms. The van der Waals surface area contributed by atoms with E-state index in [1.807, 2.05) is 6.07 Å². The number of amides is 1. The van der Waals surface area contributed by atoms with E-state index < -0.39 is 10.0 Å². The number of benzene rings is 2. The summed E-state index contributed by atoms with van der Waals surface area (Å²) in [5, 5.41) is 2.79. The van der Waals surface area contributed by atoms with Crippen LogP contribution in [-0.2, 0) is 14.8 Å². The van der Waals surface area contributed by atoms with Crippen molar-refractivity contribution in [2.24, 2.45) is 0 Å². The van der Waals surface area contributed by atoms with Crippen molar-refractivity contribution < 1.29 is 27.4 Å². The lowest BCUT2D eigenvalue weighted by Gasteiger charge is -2.27. The topological polar surface area (TPSA) is 119 Å². The molecule has 11 heteroatoms. The molecule has 2 aliphatic rings. The lowest BCUT2D eigenvalue weighted by molar-refractivity contribution is 0.102. The molecule has 10 nitrogen and oxygen atoms in total. The fourth-order valence-corrected chi connectivity index (χ4v) is 4.84. The molecule has 0 radical (unpaired) electrons. The van der Waals surface area contributed by atoms with E-state index in [-0.39, 0.29) is 16.5 Å². The molecule has 182 valence electrons. The molecule has 0 aliphatic carbocycles. The van der Waals surface area contributed by atoms with Gasteiger partial charge in [-0.05, 0) is 42.5 Å². The van der Waals surface area contributed by atoms with Gasteiger partial charge in [0.05, 0.1) is 30.0 Å². The van der Waals surface area contributed by atoms with E-state index >= 15 is 0 Å². The lowest BCUT2D eigenvalue weighted by Crippen LogP contribution is -2.36. The summed E-state index contributed by atoms with van der Waals surface area (Å²) in [6.07, 6.45) is 1.59. The smallest absolute Gasteiger partial charge is 0.262 e. The Bertz CT molecular complexity index is 1320. The van der Waals surface area contributed by atoms with Crippen molar-refractivity contribution in [2.75, 3.05) is 54.5 Å². The predicted molar refractivity (Wildman–Crippen MR) is 130 cm³/mol. The van der Waals surface area contributed by atoms with Gasteiger partial charge in [0, 0.05) is 30.4 Å². The molecule has 2 N–H and O–H groups in total. The number of nitrogens with zero attached hydrogens (tertiary/aromatic N) is 2. The first-order valence-corrected chi connectivity index (χ1v) is 12.6. The number of aromatic nitrogens is 1. The molecule has 2 aliphatic heterocycles. The van der Waals surface area contributed by atoms with E-state index in [1.54, 1.807) is 36.5 Å². The van der Waals surface area contributed by atoms with Gasteiger partial charge in [0.1, 0.15) is 19.0 Å². The molecule has 0 saturated carbocycles. The minimum absolute atomic E-state index is 0.0306. The van der Waals surface area contributed by atoms with Crippen molar-refractivity contribution in [1.29, 1.82) is 0 Å². The Labute approximate surface area is 202 Å². The number of morpholine rings is 1. The quantitative estimate of drug-likeness (QED) is 0.535. The summed E-state index contributed by atoms with van der Waals surface area (Å²) in [4.78, 5) is 19.3. The Kier molecular flexibility index (Phi) is 6.43. The molecule has 1 aromatic heterocycles. The van der Waals surface area contributed by atoms with E-state index in [2.05, 4.69) is 19.9 Å². The molecular weight excluding hydrogens is 472 g/mol. The highest BCUT2D eigenvalue weighted by molar-refractivity contribution is 7.92. The summed E-state index contributed by atoms with van der Waals surface area (Å²) in [5.41, 5.74) is 1.09. The van der Waals surface area contributed by atoms with Crippen LogP contribution in [0.2, 0.25) is 0 Å². The zero-order valence-electron chi connectivity index (χ0n) is 18.8. The third-order valence-corrected chi connectivity index (χ3v) is 6.92. The summed E-state index contributed by atoms with van der Waals surface area (Å²) in [6, 6.07) is 14.3. The summed E-state index contributed by atoms with van der Waals surface area (Å²) >= 11 is 0. The minimum Gasteiger partial charge on any atom is -0.486 e. The monoisotopic (exact) mass is 496 g/mol. The van der Waals surface area contributed by atoms with Gasteiger partial charge in [-0.3, -0.25) is 9.52 Å². The summed E-state index contributed by atoms with van der Waals surface area (Å²) < 4.78 is 44.6. The zero-order chi connectivity index (χ0) is 24.3. The maximum atomic E-state index is 12.9. The largest absolute Gasteiger partial charge is 0.486 e. The van der Waals surface area contributed by atoms with Gasteiger partial charge in [0.15, 0.2) is 11.5 Å². The number of carbonyl (C=O) groups is 1. The fraction of sp³-hybridized carbons (Fsp3) is 0.250. The summed E-state index contributed by atoms with van der Waals surface area (Å²) in [7, 11) is -3.90. The Balaban J connectivity index is 1.26. The predicted octanol–water partition coefficient (Wildman–Crippen LogP) is 2.74. The number of hydrogen-bond donors (Lipinski definition) is 2. The van der Waals surface area contributed by atoms with Crippen molar-refractivity contribution >= 4 is 33.1 Å². The Morgan fingerprint density at radius 3 is 2.46 bits per heavy atom. The molecule has 1 fully saturated rings. The van der Waals surface area contributed by atoms with Gasteiger partial charge in [-0.1, -0.05) is 6.07 Å². The van der Waals surface area contributed by atoms with Crippen LogP contribution in [0.3, 0.4) is 0 Å². The van der Waals surface area contributed by atoms with Crippen LogP contribution in [0.15, 0.2) is 65.7 Å². The molecule has 5 rings (SSSR count). The van der Waals surface area contributed by atoms with E-state index in [1.165, 1.54) is 18.2 Å². The average molecular weight is 497 g/mol. The molecular formula is C24H24N4O6S. The summed E-state index contributed by atoms with van der Waals surface area (Å²) in [5.74, 6) is 1.31. The minimum atomic E-state index is -3.90. The molecule has 3 heterocycles. The van der Waals surface area contributed by atoms with Crippen LogP contribution < -0.4 is 24.4 Å². The first-order valence-electron chi connectivity index (χ1n) is 11.1. The van der Waals surface area contributed by atoms with Gasteiger partial charge >= 0.3 is 0 Å². The molecule has 35 heavy (non-hydrogen) atoms. The van der Waals surface area contributed by atoms with Crippen LogP contribution in [0.4, 0.5) is 17.2 Å². The SMILES string of the molecule is O=C(Nc1ccc(N2CCOCC2)nc1)c1cccc(NS(=O)(=O)c2ccc3c(c2)OCCO3)c1. The first-order chi connectivity index (χ1) is 17.0. The number of anilines is 3. The van der Waals surface area contributed by atoms with Gasteiger partial charge in [0.25, 0.3) is 15.9 Å². The Hall–Kier alpha value is -3.83. The molecule has 0 atom stereocenters. The van der Waals surface area contributed by atoms with Crippen molar-refractivity contribution in [3.05, 3.63) is 66.4 Å². The van der Waals surface area contributed by atoms with Crippen molar-refractivity contribution in [1.82, 2.24) is 4.98 Å². The van der Waals surface area contributed by atoms with Crippen molar-refractivity contribution in [2.45, 2.75) is 4.90 Å². The summed E-state index contributed by atoms with van der Waals surface area (Å²) in [6.45, 7) is 3.64. The molecule has 2 aromatic carbocycles. The third kappa shape index (κ3) is 5.31. The maximum Gasteiger partial charge on any atom is 0.262 e. The molecule has 1 amide bonds. The second kappa shape index (κ2) is 9.80. The maximum absolute atomic E-state index is 12.9. The lowest BCUT2D eigenvalue weighted by atomic mass is 10.2. The number of nitrogens with one attached hydrogen (secondary N) is 2. The van der Waals surface area contributed by atoms with Crippen LogP contribution in [0.25, 0.3) is 0 Å². The van der Waals surface area contributed by atoms with Crippen LogP contribution in [-0.4, -0.2) is 58.8 Å². The van der Waals surface area contributed by atoms with Crippen LogP contribution in [0.1, 0.15) is 10.4 Å². The van der Waals surface area contributed by atoms with Crippen LogP contribution in [0.5, 0.6) is 11.5 Å². The fourth-order valence-electron chi connectivity index (χ4n) is 3.77.